The van der Waals surface area contributed by atoms with Crippen molar-refractivity contribution in [3.05, 3.63) is 53.3 Å². The third-order valence-electron chi connectivity index (χ3n) is 7.60. The van der Waals surface area contributed by atoms with Crippen LogP contribution in [0.5, 0.6) is 0 Å². The summed E-state index contributed by atoms with van der Waals surface area (Å²) in [6.45, 7) is 1.24. The lowest BCUT2D eigenvalue weighted by Gasteiger charge is -2.28. The van der Waals surface area contributed by atoms with E-state index in [1.807, 2.05) is 6.07 Å². The van der Waals surface area contributed by atoms with E-state index >= 15 is 0 Å². The number of rotatable bonds is 8. The summed E-state index contributed by atoms with van der Waals surface area (Å²) in [7, 11) is -6.20. The molecule has 3 aromatic rings. The summed E-state index contributed by atoms with van der Waals surface area (Å²) in [6, 6.07) is 9.79. The van der Waals surface area contributed by atoms with Gasteiger partial charge in [0, 0.05) is 35.1 Å². The fourth-order valence-corrected chi connectivity index (χ4v) is 8.43. The van der Waals surface area contributed by atoms with Crippen LogP contribution in [0.2, 0.25) is 0 Å². The van der Waals surface area contributed by atoms with Crippen molar-refractivity contribution in [1.82, 2.24) is 5.32 Å². The average molecular weight is 578 g/mol. The Morgan fingerprint density at radius 3 is 2.56 bits per heavy atom. The Bertz CT molecular complexity index is 1530. The van der Waals surface area contributed by atoms with Crippen LogP contribution in [0.1, 0.15) is 42.7 Å². The van der Waals surface area contributed by atoms with E-state index < -0.39 is 20.6 Å². The fraction of sp³-hybridized carbons (Fsp3) is 0.444. The fourth-order valence-electron chi connectivity index (χ4n) is 5.51. The smallest absolute Gasteiger partial charge is 0.232 e. The highest BCUT2D eigenvalue weighted by atomic mass is 32.3. The lowest BCUT2D eigenvalue weighted by atomic mass is 9.99. The number of furan rings is 1. The van der Waals surface area contributed by atoms with Crippen molar-refractivity contribution >= 4 is 43.1 Å². The molecule has 1 unspecified atom stereocenters. The van der Waals surface area contributed by atoms with Gasteiger partial charge in [-0.3, -0.25) is 13.4 Å². The van der Waals surface area contributed by atoms with Crippen LogP contribution in [0, 0.1) is 11.7 Å². The van der Waals surface area contributed by atoms with E-state index in [2.05, 4.69) is 10.5 Å². The first-order valence-electron chi connectivity index (χ1n) is 13.1. The van der Waals surface area contributed by atoms with Crippen molar-refractivity contribution in [3.8, 4) is 11.3 Å². The highest BCUT2D eigenvalue weighted by Crippen LogP contribution is 2.50. The number of halogens is 1. The van der Waals surface area contributed by atoms with Crippen LogP contribution in [0.3, 0.4) is 0 Å². The zero-order valence-corrected chi connectivity index (χ0v) is 23.2. The number of fused-ring (bicyclic) bond motifs is 1. The summed E-state index contributed by atoms with van der Waals surface area (Å²) in [4.78, 5) is 5.36. The highest BCUT2D eigenvalue weighted by molar-refractivity contribution is 8.24. The molecule has 1 aliphatic carbocycles. The molecule has 3 heterocycles. The highest BCUT2D eigenvalue weighted by Gasteiger charge is 2.34. The topological polar surface area (TPSA) is 125 Å². The number of nitrogens with zero attached hydrogens (tertiary/aromatic N) is 2. The molecule has 12 heteroatoms. The van der Waals surface area contributed by atoms with Gasteiger partial charge in [0.15, 0.2) is 5.84 Å². The van der Waals surface area contributed by atoms with Gasteiger partial charge >= 0.3 is 0 Å². The first-order chi connectivity index (χ1) is 18.6. The number of hydrogen-bond donors (Lipinski definition) is 3. The average Bonchev–Trinajstić information content (AvgIpc) is 3.58. The molecule has 9 nitrogen and oxygen atoms in total. The largest absolute Gasteiger partial charge is 0.455 e. The van der Waals surface area contributed by atoms with Crippen LogP contribution < -0.4 is 9.62 Å². The summed E-state index contributed by atoms with van der Waals surface area (Å²) in [6.07, 6.45) is 4.33. The molecule has 1 atom stereocenters. The van der Waals surface area contributed by atoms with Crippen LogP contribution in [0.15, 0.2) is 46.0 Å². The normalized spacial score (nSPS) is 21.7. The minimum Gasteiger partial charge on any atom is -0.455 e. The number of sulfonamides is 1. The van der Waals surface area contributed by atoms with Crippen LogP contribution in [-0.4, -0.2) is 60.8 Å². The van der Waals surface area contributed by atoms with Gasteiger partial charge in [-0.2, -0.15) is 10.6 Å². The van der Waals surface area contributed by atoms with Gasteiger partial charge in [0.25, 0.3) is 0 Å². The maximum absolute atomic E-state index is 13.7. The summed E-state index contributed by atoms with van der Waals surface area (Å²) >= 11 is 0. The molecule has 3 aliphatic rings. The Hall–Kier alpha value is -2.80. The number of benzene rings is 2. The second-order valence-corrected chi connectivity index (χ2v) is 14.9. The van der Waals surface area contributed by atoms with Gasteiger partial charge in [-0.05, 0) is 73.4 Å². The molecule has 1 saturated heterocycles. The Balaban J connectivity index is 1.47. The zero-order valence-electron chi connectivity index (χ0n) is 21.6. The van der Waals surface area contributed by atoms with Crippen molar-refractivity contribution in [1.29, 1.82) is 0 Å². The first-order valence-corrected chi connectivity index (χ1v) is 16.8. The Morgan fingerprint density at radius 2 is 1.95 bits per heavy atom. The van der Waals surface area contributed by atoms with Gasteiger partial charge in [0.05, 0.1) is 24.1 Å². The summed E-state index contributed by atoms with van der Waals surface area (Å²) in [5.74, 6) is 1.61. The molecule has 2 aliphatic heterocycles. The molecule has 1 saturated carbocycles. The van der Waals surface area contributed by atoms with Crippen molar-refractivity contribution in [2.24, 2.45) is 11.1 Å². The second-order valence-electron chi connectivity index (χ2n) is 10.6. The van der Waals surface area contributed by atoms with Crippen LogP contribution in [0.4, 0.5) is 10.1 Å². The Morgan fingerprint density at radius 1 is 1.18 bits per heavy atom. The van der Waals surface area contributed by atoms with Crippen LogP contribution in [-0.2, 0) is 14.9 Å². The van der Waals surface area contributed by atoms with Crippen molar-refractivity contribution in [2.75, 3.05) is 41.8 Å². The first kappa shape index (κ1) is 26.4. The third-order valence-corrected chi connectivity index (χ3v) is 10.7. The molecular formula is C27H32FN3O6S2. The van der Waals surface area contributed by atoms with E-state index in [4.69, 9.17) is 9.25 Å². The van der Waals surface area contributed by atoms with E-state index in [0.717, 1.165) is 23.8 Å². The molecule has 6 rings (SSSR count). The number of oxime groups is 1. The third kappa shape index (κ3) is 5.47. The van der Waals surface area contributed by atoms with Gasteiger partial charge in [-0.25, -0.2) is 12.8 Å². The number of anilines is 1. The number of amidine groups is 1. The molecule has 0 spiro atoms. The zero-order chi connectivity index (χ0) is 27.4. The molecular weight excluding hydrogens is 545 g/mol. The molecule has 2 aromatic carbocycles. The lowest BCUT2D eigenvalue weighted by Crippen LogP contribution is -2.33. The minimum absolute atomic E-state index is 0.0584. The van der Waals surface area contributed by atoms with Gasteiger partial charge in [-0.15, -0.1) is 0 Å². The van der Waals surface area contributed by atoms with E-state index in [1.165, 1.54) is 22.7 Å². The molecule has 0 amide bonds. The molecule has 2 fully saturated rings. The lowest BCUT2D eigenvalue weighted by molar-refractivity contribution is 0.136. The van der Waals surface area contributed by atoms with Crippen molar-refractivity contribution in [2.45, 2.75) is 31.6 Å². The SMILES string of the molecule is CS(=O)(=O)N(CCC1CCS(O)(O)C1)c1cc2oc(-c3ccc(F)cc3)c(C3=NOCCN3)c2cc1C1CC1. The number of nitrogens with one attached hydrogen (secondary N) is 1. The predicted octanol–water partition coefficient (Wildman–Crippen LogP) is 5.32. The van der Waals surface area contributed by atoms with Gasteiger partial charge in [-0.1, -0.05) is 5.16 Å². The van der Waals surface area contributed by atoms with Gasteiger partial charge < -0.3 is 14.6 Å². The maximum Gasteiger partial charge on any atom is 0.232 e. The standard InChI is InChI=1S/C27H32FN3O6S2/c1-38(32,33)31(11-8-17-9-13-39(34,35)16-17)23-15-24-22(14-21(23)18-2-3-18)25(27-29-10-12-36-30-27)26(37-24)19-4-6-20(28)7-5-19/h4-7,14-15,17-18,34-35H,2-3,8-13,16H2,1H3,(H,29,30). The van der Waals surface area contributed by atoms with Crippen LogP contribution >= 0.6 is 10.6 Å². The van der Waals surface area contributed by atoms with E-state index in [-0.39, 0.29) is 24.2 Å². The summed E-state index contributed by atoms with van der Waals surface area (Å²) < 4.78 is 67.8. The summed E-state index contributed by atoms with van der Waals surface area (Å²) in [5, 5.41) is 8.26. The summed E-state index contributed by atoms with van der Waals surface area (Å²) in [5.41, 5.74) is 3.34. The van der Waals surface area contributed by atoms with E-state index in [0.29, 0.717) is 71.5 Å². The molecule has 210 valence electrons. The molecule has 1 aromatic heterocycles. The molecule has 3 N–H and O–H groups in total. The minimum atomic E-state index is -3.64. The number of hydrogen-bond acceptors (Lipinski definition) is 8. The molecule has 0 bridgehead atoms. The van der Waals surface area contributed by atoms with Crippen molar-refractivity contribution < 1.29 is 31.2 Å². The van der Waals surface area contributed by atoms with E-state index in [1.54, 1.807) is 18.2 Å². The van der Waals surface area contributed by atoms with Crippen molar-refractivity contribution in [3.63, 3.8) is 0 Å². The Kier molecular flexibility index (Phi) is 6.77. The second kappa shape index (κ2) is 9.99. The quantitative estimate of drug-likeness (QED) is 0.331. The van der Waals surface area contributed by atoms with Gasteiger partial charge in [0.1, 0.15) is 23.8 Å². The Labute approximate surface area is 228 Å². The van der Waals surface area contributed by atoms with Gasteiger partial charge in [0.2, 0.25) is 10.0 Å². The van der Waals surface area contributed by atoms with Crippen LogP contribution in [0.25, 0.3) is 22.3 Å². The van der Waals surface area contributed by atoms with E-state index in [9.17, 15) is 21.9 Å². The molecule has 39 heavy (non-hydrogen) atoms. The predicted molar refractivity (Wildman–Crippen MR) is 152 cm³/mol. The molecule has 0 radical (unpaired) electrons. The maximum atomic E-state index is 13.7. The monoisotopic (exact) mass is 577 g/mol.